The van der Waals surface area contributed by atoms with Gasteiger partial charge in [0.15, 0.2) is 0 Å². The lowest BCUT2D eigenvalue weighted by molar-refractivity contribution is -0.141. The Balaban J connectivity index is 1.38. The summed E-state index contributed by atoms with van der Waals surface area (Å²) in [4.78, 5) is 39.6. The number of hydrogen-bond acceptors (Lipinski definition) is 6. The number of phenols is 1. The number of fused-ring (bicyclic) bond motifs is 3. The molecule has 232 valence electrons. The van der Waals surface area contributed by atoms with Gasteiger partial charge in [-0.3, -0.25) is 19.3 Å². The molecule has 0 unspecified atom stereocenters. The van der Waals surface area contributed by atoms with Gasteiger partial charge in [-0.05, 0) is 85.2 Å². The van der Waals surface area contributed by atoms with E-state index < -0.39 is 24.9 Å². The lowest BCUT2D eigenvalue weighted by Crippen LogP contribution is -2.46. The Hall–Kier alpha value is -3.69. The first kappa shape index (κ1) is 31.7. The maximum atomic E-state index is 13.8. The maximum Gasteiger partial charge on any atom is 0.455 e. The van der Waals surface area contributed by atoms with Crippen LogP contribution in [0, 0.1) is 17.8 Å². The number of amides is 2. The van der Waals surface area contributed by atoms with Crippen molar-refractivity contribution in [1.82, 2.24) is 4.90 Å². The van der Waals surface area contributed by atoms with Gasteiger partial charge in [-0.25, -0.2) is 0 Å². The quantitative estimate of drug-likeness (QED) is 0.0854. The van der Waals surface area contributed by atoms with Gasteiger partial charge in [0, 0.05) is 13.0 Å². The number of likely N-dealkylation sites (tertiary alicyclic amines) is 1. The number of carbonyl (C=O) groups is 3. The molecule has 44 heavy (non-hydrogen) atoms. The van der Waals surface area contributed by atoms with E-state index in [4.69, 9.17) is 9.76 Å². The Labute approximate surface area is 259 Å². The fourth-order valence-corrected chi connectivity index (χ4v) is 7.37. The molecule has 9 heteroatoms. The minimum atomic E-state index is -1.03. The predicted molar refractivity (Wildman–Crippen MR) is 169 cm³/mol. The van der Waals surface area contributed by atoms with Crippen molar-refractivity contribution in [3.8, 4) is 5.75 Å². The number of carbonyl (C=O) groups excluding carboxylic acids is 2. The van der Waals surface area contributed by atoms with Gasteiger partial charge in [-0.1, -0.05) is 73.9 Å². The second-order valence-corrected chi connectivity index (χ2v) is 12.3. The number of hydrogen-bond donors (Lipinski definition) is 3. The number of benzene rings is 2. The van der Waals surface area contributed by atoms with Crippen LogP contribution < -0.4 is 0 Å². The second-order valence-electron chi connectivity index (χ2n) is 12.3. The molecule has 2 saturated heterocycles. The SMILES string of the molecule is CCCC1=C2[C@@H](CC/C(=C/c3cccc(O)c3)c3ccccc3)OB(O)C[C@@H]2[C@@H]2C(=O)N(CCCCCC(=O)O)C(=O)[C@@H]2C1. The number of carboxylic acids is 1. The lowest BCUT2D eigenvalue weighted by atomic mass is 9.58. The zero-order valence-corrected chi connectivity index (χ0v) is 25.4. The normalized spacial score (nSPS) is 23.6. The van der Waals surface area contributed by atoms with E-state index in [1.54, 1.807) is 12.1 Å². The number of imide groups is 1. The molecule has 3 aliphatic rings. The number of unbranched alkanes of at least 4 members (excludes halogenated alkanes) is 2. The molecule has 1 aliphatic carbocycles. The molecule has 3 N–H and O–H groups in total. The van der Waals surface area contributed by atoms with Crippen LogP contribution in [0.15, 0.2) is 65.7 Å². The molecule has 8 nitrogen and oxygen atoms in total. The van der Waals surface area contributed by atoms with E-state index in [0.717, 1.165) is 35.1 Å². The van der Waals surface area contributed by atoms with Crippen molar-refractivity contribution in [3.05, 3.63) is 76.9 Å². The summed E-state index contributed by atoms with van der Waals surface area (Å²) in [5, 5.41) is 29.9. The first-order valence-corrected chi connectivity index (χ1v) is 15.9. The highest BCUT2D eigenvalue weighted by Crippen LogP contribution is 2.51. The van der Waals surface area contributed by atoms with Gasteiger partial charge in [0.1, 0.15) is 5.75 Å². The van der Waals surface area contributed by atoms with E-state index in [9.17, 15) is 24.5 Å². The van der Waals surface area contributed by atoms with E-state index in [1.807, 2.05) is 30.3 Å². The van der Waals surface area contributed by atoms with Gasteiger partial charge >= 0.3 is 13.1 Å². The average Bonchev–Trinajstić information content (AvgIpc) is 3.23. The fraction of sp³-hybridized carbons (Fsp3) is 0.457. The molecule has 5 rings (SSSR count). The minimum absolute atomic E-state index is 0.0805. The summed E-state index contributed by atoms with van der Waals surface area (Å²) in [5.74, 6) is -2.13. The molecule has 0 aromatic heterocycles. The zero-order valence-electron chi connectivity index (χ0n) is 25.4. The molecule has 2 fully saturated rings. The number of nitrogens with zero attached hydrogens (tertiary/aromatic N) is 1. The molecule has 0 bridgehead atoms. The summed E-state index contributed by atoms with van der Waals surface area (Å²) in [6, 6.07) is 17.2. The van der Waals surface area contributed by atoms with Gasteiger partial charge in [0.25, 0.3) is 0 Å². The average molecular weight is 600 g/mol. The van der Waals surface area contributed by atoms with E-state index in [0.29, 0.717) is 45.1 Å². The van der Waals surface area contributed by atoms with Gasteiger partial charge in [-0.15, -0.1) is 0 Å². The standard InChI is InChI=1S/C35H42BNO7/c1-2-10-26-21-28-33(35(42)37(34(28)41)18-8-4-7-15-31(39)40)29-22-36(43)44-30(32(26)29)17-16-25(24-12-5-3-6-13-24)19-23-11-9-14-27(38)20-23/h3,5-6,9,11-14,19-20,28-30,33,38,43H,2,4,7-8,10,15-18,21-22H2,1H3,(H,39,40)/b25-19-/t28-,29+,30-,33-/m1/s1. The van der Waals surface area contributed by atoms with Gasteiger partial charge < -0.3 is 19.9 Å². The molecule has 2 amide bonds. The molecule has 4 atom stereocenters. The van der Waals surface area contributed by atoms with Gasteiger partial charge in [0.2, 0.25) is 11.8 Å². The van der Waals surface area contributed by atoms with Crippen LogP contribution in [0.25, 0.3) is 11.6 Å². The summed E-state index contributed by atoms with van der Waals surface area (Å²) in [5.41, 5.74) is 5.29. The highest BCUT2D eigenvalue weighted by Gasteiger charge is 2.56. The monoisotopic (exact) mass is 599 g/mol. The Bertz CT molecular complexity index is 1420. The van der Waals surface area contributed by atoms with Crippen LogP contribution in [-0.4, -0.2) is 57.7 Å². The number of carboxylic acid groups (broad SMARTS) is 1. The minimum Gasteiger partial charge on any atom is -0.508 e. The second kappa shape index (κ2) is 14.4. The summed E-state index contributed by atoms with van der Waals surface area (Å²) in [7, 11) is -1.03. The Morgan fingerprint density at radius 1 is 1.02 bits per heavy atom. The summed E-state index contributed by atoms with van der Waals surface area (Å²) in [6.45, 7) is 2.41. The molecule has 0 saturated carbocycles. The van der Waals surface area contributed by atoms with Gasteiger partial charge in [0.05, 0.1) is 17.9 Å². The summed E-state index contributed by atoms with van der Waals surface area (Å²) < 4.78 is 6.21. The zero-order chi connectivity index (χ0) is 31.2. The van der Waals surface area contributed by atoms with E-state index in [2.05, 4.69) is 25.1 Å². The highest BCUT2D eigenvalue weighted by molar-refractivity contribution is 6.43. The molecule has 2 aliphatic heterocycles. The molecular weight excluding hydrogens is 557 g/mol. The van der Waals surface area contributed by atoms with Crippen molar-refractivity contribution in [2.45, 2.75) is 77.1 Å². The topological polar surface area (TPSA) is 124 Å². The third-order valence-corrected chi connectivity index (χ3v) is 9.25. The Morgan fingerprint density at radius 3 is 2.55 bits per heavy atom. The van der Waals surface area contributed by atoms with Crippen molar-refractivity contribution in [2.24, 2.45) is 17.8 Å². The molecular formula is C35H42BNO7. The molecule has 0 radical (unpaired) electrons. The largest absolute Gasteiger partial charge is 0.508 e. The molecule has 0 spiro atoms. The van der Waals surface area contributed by atoms with Crippen LogP contribution >= 0.6 is 0 Å². The number of aromatic hydroxyl groups is 1. The number of allylic oxidation sites excluding steroid dienone is 2. The van der Waals surface area contributed by atoms with Crippen molar-refractivity contribution < 1.29 is 34.3 Å². The van der Waals surface area contributed by atoms with Crippen LogP contribution in [0.1, 0.15) is 75.8 Å². The third-order valence-electron chi connectivity index (χ3n) is 9.25. The number of aliphatic carboxylic acids is 1. The third kappa shape index (κ3) is 7.16. The van der Waals surface area contributed by atoms with E-state index in [-0.39, 0.29) is 42.3 Å². The van der Waals surface area contributed by atoms with Gasteiger partial charge in [-0.2, -0.15) is 0 Å². The number of rotatable bonds is 13. The first-order valence-electron chi connectivity index (χ1n) is 15.9. The van der Waals surface area contributed by atoms with Crippen LogP contribution in [-0.2, 0) is 19.0 Å². The fourth-order valence-electron chi connectivity index (χ4n) is 7.37. The summed E-state index contributed by atoms with van der Waals surface area (Å²) >= 11 is 0. The van der Waals surface area contributed by atoms with Crippen LogP contribution in [0.3, 0.4) is 0 Å². The molecule has 2 heterocycles. The number of phenolic OH excluding ortho intramolecular Hbond substituents is 1. The van der Waals surface area contributed by atoms with Crippen molar-refractivity contribution in [1.29, 1.82) is 0 Å². The smallest absolute Gasteiger partial charge is 0.455 e. The van der Waals surface area contributed by atoms with Crippen LogP contribution in [0.4, 0.5) is 0 Å². The predicted octanol–water partition coefficient (Wildman–Crippen LogP) is 5.96. The van der Waals surface area contributed by atoms with Crippen LogP contribution in [0.2, 0.25) is 6.32 Å². The van der Waals surface area contributed by atoms with Crippen molar-refractivity contribution in [3.63, 3.8) is 0 Å². The molecule has 2 aromatic carbocycles. The van der Waals surface area contributed by atoms with E-state index >= 15 is 0 Å². The first-order chi connectivity index (χ1) is 21.3. The van der Waals surface area contributed by atoms with Crippen molar-refractivity contribution in [2.75, 3.05) is 6.54 Å². The Kier molecular flexibility index (Phi) is 10.4. The highest BCUT2D eigenvalue weighted by atomic mass is 16.5. The maximum absolute atomic E-state index is 13.8. The summed E-state index contributed by atoms with van der Waals surface area (Å²) in [6.07, 6.45) is 7.29. The lowest BCUT2D eigenvalue weighted by Gasteiger charge is -2.43. The van der Waals surface area contributed by atoms with E-state index in [1.165, 1.54) is 10.5 Å². The Morgan fingerprint density at radius 2 is 1.82 bits per heavy atom. The molecule has 2 aromatic rings. The van der Waals surface area contributed by atoms with Crippen molar-refractivity contribution >= 4 is 36.6 Å². The van der Waals surface area contributed by atoms with Crippen LogP contribution in [0.5, 0.6) is 5.75 Å².